The van der Waals surface area contributed by atoms with Crippen molar-refractivity contribution in [2.45, 2.75) is 6.42 Å². The lowest BCUT2D eigenvalue weighted by atomic mass is 10.1. The first-order valence-corrected chi connectivity index (χ1v) is 7.60. The summed E-state index contributed by atoms with van der Waals surface area (Å²) in [7, 11) is 0. The van der Waals surface area contributed by atoms with Crippen LogP contribution in [0.1, 0.15) is 20.8 Å². The van der Waals surface area contributed by atoms with Gasteiger partial charge in [0.15, 0.2) is 5.78 Å². The van der Waals surface area contributed by atoms with Crippen LogP contribution in [0.25, 0.3) is 10.4 Å². The molecule has 22 heavy (non-hydrogen) atoms. The van der Waals surface area contributed by atoms with Gasteiger partial charge in [-0.3, -0.25) is 9.78 Å². The second-order valence-electron chi connectivity index (χ2n) is 4.82. The van der Waals surface area contributed by atoms with Crippen molar-refractivity contribution in [1.82, 2.24) is 4.98 Å². The maximum atomic E-state index is 12.3. The third-order valence-electron chi connectivity index (χ3n) is 3.24. The summed E-state index contributed by atoms with van der Waals surface area (Å²) in [5.74, 6) is 0.0840. The number of hydrogen-bond donors (Lipinski definition) is 0. The Morgan fingerprint density at radius 1 is 1.18 bits per heavy atom. The molecule has 0 unspecified atom stereocenters. The van der Waals surface area contributed by atoms with Gasteiger partial charge >= 0.3 is 0 Å². The zero-order valence-electron chi connectivity index (χ0n) is 11.7. The number of nitriles is 1. The van der Waals surface area contributed by atoms with E-state index in [4.69, 9.17) is 5.26 Å². The molecule has 0 fully saturated rings. The van der Waals surface area contributed by atoms with E-state index < -0.39 is 0 Å². The third kappa shape index (κ3) is 3.11. The number of thiophene rings is 1. The molecule has 0 bridgehead atoms. The number of benzene rings is 1. The maximum absolute atomic E-state index is 12.3. The van der Waals surface area contributed by atoms with Crippen LogP contribution in [0.3, 0.4) is 0 Å². The van der Waals surface area contributed by atoms with E-state index in [2.05, 4.69) is 11.1 Å². The summed E-state index contributed by atoms with van der Waals surface area (Å²) in [6.45, 7) is 0. The van der Waals surface area contributed by atoms with Crippen molar-refractivity contribution < 1.29 is 4.79 Å². The van der Waals surface area contributed by atoms with Crippen molar-refractivity contribution in [3.05, 3.63) is 76.9 Å². The molecule has 0 saturated carbocycles. The number of Topliss-reactive ketones (excluding diaryl/α,β-unsaturated/α-hetero) is 1. The number of carbonyl (C=O) groups excluding carboxylic acids is 1. The Morgan fingerprint density at radius 3 is 2.86 bits per heavy atom. The van der Waals surface area contributed by atoms with Crippen LogP contribution in [-0.2, 0) is 6.42 Å². The number of ketones is 1. The minimum Gasteiger partial charge on any atom is -0.293 e. The highest BCUT2D eigenvalue weighted by Crippen LogP contribution is 2.29. The lowest BCUT2D eigenvalue weighted by molar-refractivity contribution is 0.0996. The number of nitrogens with zero attached hydrogens (tertiary/aromatic N) is 2. The molecule has 0 amide bonds. The average Bonchev–Trinajstić information content (AvgIpc) is 3.06. The second kappa shape index (κ2) is 6.33. The van der Waals surface area contributed by atoms with Crippen LogP contribution in [0.4, 0.5) is 0 Å². The Kier molecular flexibility index (Phi) is 4.08. The van der Waals surface area contributed by atoms with Crippen LogP contribution < -0.4 is 0 Å². The molecule has 3 rings (SSSR count). The molecule has 3 nitrogen and oxygen atoms in total. The number of pyridine rings is 1. The fraction of sp³-hybridized carbons (Fsp3) is 0.0556. The average molecular weight is 304 g/mol. The van der Waals surface area contributed by atoms with E-state index in [-0.39, 0.29) is 5.78 Å². The lowest BCUT2D eigenvalue weighted by Crippen LogP contribution is -2.00. The minimum atomic E-state index is 0.0840. The SMILES string of the molecule is N#Cc1cccc(-c2ccc(C(=O)Cc3cccnc3)s2)c1. The Morgan fingerprint density at radius 2 is 2.09 bits per heavy atom. The fourth-order valence-corrected chi connectivity index (χ4v) is 3.10. The Labute approximate surface area is 132 Å². The van der Waals surface area contributed by atoms with Gasteiger partial charge in [-0.15, -0.1) is 11.3 Å². The molecule has 2 heterocycles. The predicted molar refractivity (Wildman–Crippen MR) is 86.7 cm³/mol. The van der Waals surface area contributed by atoms with E-state index in [0.29, 0.717) is 12.0 Å². The minimum absolute atomic E-state index is 0.0840. The molecule has 1 aromatic carbocycles. The van der Waals surface area contributed by atoms with Gasteiger partial charge in [-0.25, -0.2) is 0 Å². The first kappa shape index (κ1) is 14.2. The number of rotatable bonds is 4. The van der Waals surface area contributed by atoms with Crippen LogP contribution in [0.2, 0.25) is 0 Å². The van der Waals surface area contributed by atoms with Gasteiger partial charge in [-0.2, -0.15) is 5.26 Å². The molecule has 0 spiro atoms. The van der Waals surface area contributed by atoms with Crippen LogP contribution in [0.15, 0.2) is 60.9 Å². The second-order valence-corrected chi connectivity index (χ2v) is 5.90. The molecule has 3 aromatic rings. The van der Waals surface area contributed by atoms with Gasteiger partial charge in [-0.05, 0) is 41.5 Å². The molecular formula is C18H12N2OS. The Balaban J connectivity index is 1.81. The summed E-state index contributed by atoms with van der Waals surface area (Å²) in [5, 5.41) is 8.96. The number of carbonyl (C=O) groups is 1. The third-order valence-corrected chi connectivity index (χ3v) is 4.42. The van der Waals surface area contributed by atoms with E-state index in [1.807, 2.05) is 42.5 Å². The van der Waals surface area contributed by atoms with Crippen molar-refractivity contribution in [2.24, 2.45) is 0 Å². The highest BCUT2D eigenvalue weighted by Gasteiger charge is 2.11. The van der Waals surface area contributed by atoms with Crippen LogP contribution in [-0.4, -0.2) is 10.8 Å². The molecule has 2 aromatic heterocycles. The van der Waals surface area contributed by atoms with Gasteiger partial charge < -0.3 is 0 Å². The Bertz CT molecular complexity index is 847. The zero-order chi connectivity index (χ0) is 15.4. The highest BCUT2D eigenvalue weighted by molar-refractivity contribution is 7.17. The lowest BCUT2D eigenvalue weighted by Gasteiger charge is -1.99. The summed E-state index contributed by atoms with van der Waals surface area (Å²) in [6.07, 6.45) is 3.76. The van der Waals surface area contributed by atoms with Gasteiger partial charge in [0.25, 0.3) is 0 Å². The number of hydrogen-bond acceptors (Lipinski definition) is 4. The van der Waals surface area contributed by atoms with E-state index in [0.717, 1.165) is 20.9 Å². The molecule has 0 radical (unpaired) electrons. The normalized spacial score (nSPS) is 10.1. The van der Waals surface area contributed by atoms with Gasteiger partial charge in [0, 0.05) is 23.7 Å². The first-order chi connectivity index (χ1) is 10.8. The van der Waals surface area contributed by atoms with E-state index in [9.17, 15) is 4.79 Å². The summed E-state index contributed by atoms with van der Waals surface area (Å²) in [6, 6.07) is 17.0. The molecule has 106 valence electrons. The molecule has 0 saturated heterocycles. The maximum Gasteiger partial charge on any atom is 0.177 e. The fourth-order valence-electron chi connectivity index (χ4n) is 2.16. The smallest absolute Gasteiger partial charge is 0.177 e. The summed E-state index contributed by atoms with van der Waals surface area (Å²) in [5.41, 5.74) is 2.49. The number of aromatic nitrogens is 1. The molecule has 4 heteroatoms. The van der Waals surface area contributed by atoms with Crippen molar-refractivity contribution in [2.75, 3.05) is 0 Å². The van der Waals surface area contributed by atoms with Gasteiger partial charge in [-0.1, -0.05) is 18.2 Å². The Hall–Kier alpha value is -2.77. The zero-order valence-corrected chi connectivity index (χ0v) is 12.5. The van der Waals surface area contributed by atoms with Crippen molar-refractivity contribution in [1.29, 1.82) is 5.26 Å². The summed E-state index contributed by atoms with van der Waals surface area (Å²) >= 11 is 1.45. The predicted octanol–water partition coefficient (Wildman–Crippen LogP) is 4.11. The molecular weight excluding hydrogens is 292 g/mol. The molecule has 0 aliphatic rings. The van der Waals surface area contributed by atoms with Gasteiger partial charge in [0.05, 0.1) is 16.5 Å². The van der Waals surface area contributed by atoms with Crippen LogP contribution in [0, 0.1) is 11.3 Å². The quantitative estimate of drug-likeness (QED) is 0.682. The summed E-state index contributed by atoms with van der Waals surface area (Å²) in [4.78, 5) is 18.1. The van der Waals surface area contributed by atoms with Gasteiger partial charge in [0.1, 0.15) is 0 Å². The van der Waals surface area contributed by atoms with Crippen molar-refractivity contribution in [3.63, 3.8) is 0 Å². The van der Waals surface area contributed by atoms with Crippen LogP contribution in [0.5, 0.6) is 0 Å². The van der Waals surface area contributed by atoms with E-state index >= 15 is 0 Å². The first-order valence-electron chi connectivity index (χ1n) is 6.79. The van der Waals surface area contributed by atoms with E-state index in [1.54, 1.807) is 18.5 Å². The molecule has 0 N–H and O–H groups in total. The van der Waals surface area contributed by atoms with Crippen LogP contribution >= 0.6 is 11.3 Å². The monoisotopic (exact) mass is 304 g/mol. The van der Waals surface area contributed by atoms with Gasteiger partial charge in [0.2, 0.25) is 0 Å². The molecule has 0 aliphatic carbocycles. The van der Waals surface area contributed by atoms with Crippen molar-refractivity contribution in [3.8, 4) is 16.5 Å². The summed E-state index contributed by atoms with van der Waals surface area (Å²) < 4.78 is 0. The standard InChI is InChI=1S/C18H12N2OS/c19-11-13-3-1-5-15(9-13)17-6-7-18(22-17)16(21)10-14-4-2-8-20-12-14/h1-9,12H,10H2. The topological polar surface area (TPSA) is 53.8 Å². The molecule has 0 atom stereocenters. The van der Waals surface area contributed by atoms with Crippen molar-refractivity contribution >= 4 is 17.1 Å². The van der Waals surface area contributed by atoms with E-state index in [1.165, 1.54) is 11.3 Å². The molecule has 0 aliphatic heterocycles. The highest BCUT2D eigenvalue weighted by atomic mass is 32.1. The largest absolute Gasteiger partial charge is 0.293 e.